The average molecular weight is 483 g/mol. The highest BCUT2D eigenvalue weighted by Crippen LogP contribution is 2.23. The van der Waals surface area contributed by atoms with Crippen LogP contribution < -0.4 is 5.32 Å². The van der Waals surface area contributed by atoms with Crippen LogP contribution >= 0.6 is 11.6 Å². The van der Waals surface area contributed by atoms with E-state index in [0.29, 0.717) is 0 Å². The SMILES string of the molecule is CC(C)[C@H](NC(=O)c1ccc([N+](=O)[O-])cc1Cl)C(=O)OCCCS(=O)(=O)c1ccccc1. The largest absolute Gasteiger partial charge is 0.464 e. The van der Waals surface area contributed by atoms with Crippen LogP contribution in [0.15, 0.2) is 53.4 Å². The van der Waals surface area contributed by atoms with E-state index in [4.69, 9.17) is 16.3 Å². The number of esters is 1. The van der Waals surface area contributed by atoms with Crippen LogP contribution in [0.1, 0.15) is 30.6 Å². The molecule has 0 heterocycles. The first-order valence-electron chi connectivity index (χ1n) is 9.72. The summed E-state index contributed by atoms with van der Waals surface area (Å²) in [6, 6.07) is 10.3. The Kier molecular flexibility index (Phi) is 8.73. The van der Waals surface area contributed by atoms with Crippen LogP contribution in [-0.4, -0.2) is 43.6 Å². The van der Waals surface area contributed by atoms with Crippen LogP contribution in [0.2, 0.25) is 5.02 Å². The fourth-order valence-electron chi connectivity index (χ4n) is 2.78. The molecule has 0 aliphatic carbocycles. The molecule has 0 aromatic heterocycles. The molecule has 2 aromatic carbocycles. The topological polar surface area (TPSA) is 133 Å². The minimum Gasteiger partial charge on any atom is -0.464 e. The van der Waals surface area contributed by atoms with Gasteiger partial charge in [0, 0.05) is 12.1 Å². The van der Waals surface area contributed by atoms with E-state index < -0.39 is 32.7 Å². The third-order valence-electron chi connectivity index (χ3n) is 4.52. The lowest BCUT2D eigenvalue weighted by molar-refractivity contribution is -0.384. The van der Waals surface area contributed by atoms with Crippen molar-refractivity contribution in [2.75, 3.05) is 12.4 Å². The van der Waals surface area contributed by atoms with Gasteiger partial charge in [0.15, 0.2) is 9.84 Å². The maximum absolute atomic E-state index is 12.5. The van der Waals surface area contributed by atoms with E-state index in [2.05, 4.69) is 5.32 Å². The number of hydrogen-bond donors (Lipinski definition) is 1. The zero-order chi connectivity index (χ0) is 23.9. The number of ether oxygens (including phenoxy) is 1. The summed E-state index contributed by atoms with van der Waals surface area (Å²) in [5, 5.41) is 13.2. The first kappa shape index (κ1) is 25.3. The number of nitro groups is 1. The highest BCUT2D eigenvalue weighted by atomic mass is 35.5. The molecule has 0 aliphatic heterocycles. The summed E-state index contributed by atoms with van der Waals surface area (Å²) < 4.78 is 29.7. The smallest absolute Gasteiger partial charge is 0.328 e. The Bertz CT molecular complexity index is 1090. The van der Waals surface area contributed by atoms with Gasteiger partial charge in [-0.15, -0.1) is 0 Å². The number of hydrogen-bond acceptors (Lipinski definition) is 7. The Morgan fingerprint density at radius 2 is 1.81 bits per heavy atom. The number of carbonyl (C=O) groups excluding carboxylic acids is 2. The van der Waals surface area contributed by atoms with Crippen molar-refractivity contribution in [3.8, 4) is 0 Å². The summed E-state index contributed by atoms with van der Waals surface area (Å²) in [4.78, 5) is 35.4. The van der Waals surface area contributed by atoms with E-state index in [1.54, 1.807) is 32.0 Å². The normalized spacial score (nSPS) is 12.2. The first-order chi connectivity index (χ1) is 15.0. The fourth-order valence-corrected chi connectivity index (χ4v) is 4.34. The second-order valence-electron chi connectivity index (χ2n) is 7.27. The van der Waals surface area contributed by atoms with Crippen LogP contribution in [0, 0.1) is 16.0 Å². The van der Waals surface area contributed by atoms with Gasteiger partial charge >= 0.3 is 5.97 Å². The average Bonchev–Trinajstić information content (AvgIpc) is 2.75. The van der Waals surface area contributed by atoms with Crippen LogP contribution in [0.3, 0.4) is 0 Å². The summed E-state index contributed by atoms with van der Waals surface area (Å²) in [7, 11) is -3.49. The molecule has 32 heavy (non-hydrogen) atoms. The number of halogens is 1. The standard InChI is InChI=1S/C21H23ClN2O7S/c1-14(2)19(23-20(25)17-10-9-15(24(27)28)13-18(17)22)21(26)31-11-6-12-32(29,30)16-7-4-3-5-8-16/h3-5,7-10,13-14,19H,6,11-12H2,1-2H3,(H,23,25)/t19-/m0/s1. The maximum Gasteiger partial charge on any atom is 0.328 e. The molecule has 9 nitrogen and oxygen atoms in total. The van der Waals surface area contributed by atoms with Gasteiger partial charge in [-0.3, -0.25) is 14.9 Å². The molecular weight excluding hydrogens is 460 g/mol. The number of amides is 1. The van der Waals surface area contributed by atoms with Crippen LogP contribution in [0.4, 0.5) is 5.69 Å². The molecule has 1 atom stereocenters. The van der Waals surface area contributed by atoms with E-state index in [1.165, 1.54) is 18.2 Å². The van der Waals surface area contributed by atoms with Crippen molar-refractivity contribution in [1.29, 1.82) is 0 Å². The number of benzene rings is 2. The molecule has 0 fully saturated rings. The molecule has 0 spiro atoms. The maximum atomic E-state index is 12.5. The van der Waals surface area contributed by atoms with E-state index >= 15 is 0 Å². The predicted octanol–water partition coefficient (Wildman–Crippen LogP) is 3.41. The van der Waals surface area contributed by atoms with Crippen LogP contribution in [0.5, 0.6) is 0 Å². The van der Waals surface area contributed by atoms with Gasteiger partial charge in [0.25, 0.3) is 11.6 Å². The summed E-state index contributed by atoms with van der Waals surface area (Å²) in [6.07, 6.45) is 0.0932. The van der Waals surface area contributed by atoms with E-state index in [0.717, 1.165) is 12.1 Å². The van der Waals surface area contributed by atoms with Crippen molar-refractivity contribution >= 4 is 39.0 Å². The molecule has 2 rings (SSSR count). The summed E-state index contributed by atoms with van der Waals surface area (Å²) in [6.45, 7) is 3.26. The molecule has 11 heteroatoms. The molecule has 1 amide bonds. The molecule has 0 radical (unpaired) electrons. The first-order valence-corrected chi connectivity index (χ1v) is 11.7. The lowest BCUT2D eigenvalue weighted by Crippen LogP contribution is -2.45. The summed E-state index contributed by atoms with van der Waals surface area (Å²) in [5.74, 6) is -1.94. The lowest BCUT2D eigenvalue weighted by atomic mass is 10.0. The van der Waals surface area contributed by atoms with Gasteiger partial charge in [0.05, 0.1) is 32.8 Å². The molecule has 0 saturated carbocycles. The Morgan fingerprint density at radius 1 is 1.16 bits per heavy atom. The van der Waals surface area contributed by atoms with Crippen molar-refractivity contribution in [1.82, 2.24) is 5.32 Å². The highest BCUT2D eigenvalue weighted by molar-refractivity contribution is 7.91. The Balaban J connectivity index is 1.95. The molecular formula is C21H23ClN2O7S. The number of carbonyl (C=O) groups is 2. The number of nitrogens with one attached hydrogen (secondary N) is 1. The van der Waals surface area contributed by atoms with Crippen molar-refractivity contribution in [2.24, 2.45) is 5.92 Å². The summed E-state index contributed by atoms with van der Waals surface area (Å²) >= 11 is 5.97. The number of rotatable bonds is 10. The molecule has 0 aliphatic rings. The van der Waals surface area contributed by atoms with E-state index in [9.17, 15) is 28.1 Å². The van der Waals surface area contributed by atoms with E-state index in [1.807, 2.05) is 0 Å². The number of sulfone groups is 1. The number of non-ortho nitro benzene ring substituents is 1. The number of nitrogens with zero attached hydrogens (tertiary/aromatic N) is 1. The second kappa shape index (κ2) is 11.1. The lowest BCUT2D eigenvalue weighted by Gasteiger charge is -2.21. The quantitative estimate of drug-likeness (QED) is 0.237. The zero-order valence-electron chi connectivity index (χ0n) is 17.5. The molecule has 172 valence electrons. The molecule has 0 bridgehead atoms. The summed E-state index contributed by atoms with van der Waals surface area (Å²) in [5.41, 5.74) is -0.290. The zero-order valence-corrected chi connectivity index (χ0v) is 19.1. The molecule has 2 aromatic rings. The van der Waals surface area contributed by atoms with E-state index in [-0.39, 0.29) is 45.9 Å². The van der Waals surface area contributed by atoms with Gasteiger partial charge < -0.3 is 10.1 Å². The highest BCUT2D eigenvalue weighted by Gasteiger charge is 2.27. The molecule has 0 unspecified atom stereocenters. The van der Waals surface area contributed by atoms with Crippen molar-refractivity contribution in [3.63, 3.8) is 0 Å². The van der Waals surface area contributed by atoms with Gasteiger partial charge in [0.2, 0.25) is 0 Å². The van der Waals surface area contributed by atoms with Crippen molar-refractivity contribution in [3.05, 3.63) is 69.2 Å². The molecule has 1 N–H and O–H groups in total. The number of nitro benzene ring substituents is 1. The monoisotopic (exact) mass is 482 g/mol. The van der Waals surface area contributed by atoms with Crippen LogP contribution in [0.25, 0.3) is 0 Å². The third kappa shape index (κ3) is 6.76. The third-order valence-corrected chi connectivity index (χ3v) is 6.65. The van der Waals surface area contributed by atoms with Gasteiger partial charge in [-0.2, -0.15) is 0 Å². The van der Waals surface area contributed by atoms with Gasteiger partial charge in [0.1, 0.15) is 6.04 Å². The van der Waals surface area contributed by atoms with Crippen molar-refractivity contribution in [2.45, 2.75) is 31.2 Å². The Morgan fingerprint density at radius 3 is 2.38 bits per heavy atom. The predicted molar refractivity (Wildman–Crippen MR) is 118 cm³/mol. The fraction of sp³-hybridized carbons (Fsp3) is 0.333. The minimum absolute atomic E-state index is 0.0235. The van der Waals surface area contributed by atoms with Crippen molar-refractivity contribution < 1.29 is 27.7 Å². The Labute approximate surface area is 190 Å². The second-order valence-corrected chi connectivity index (χ2v) is 9.79. The molecule has 0 saturated heterocycles. The Hall–Kier alpha value is -2.98. The van der Waals surface area contributed by atoms with Crippen LogP contribution in [-0.2, 0) is 19.4 Å². The van der Waals surface area contributed by atoms with Gasteiger partial charge in [-0.05, 0) is 30.5 Å². The van der Waals surface area contributed by atoms with Gasteiger partial charge in [-0.1, -0.05) is 43.6 Å². The minimum atomic E-state index is -3.49. The van der Waals surface area contributed by atoms with Gasteiger partial charge in [-0.25, -0.2) is 13.2 Å².